The minimum Gasteiger partial charge on any atom is -0.482 e. The number of nitro groups is 1. The molecule has 1 aliphatic rings. The lowest BCUT2D eigenvalue weighted by Gasteiger charge is -2.31. The Hall–Kier alpha value is -1.73. The van der Waals surface area contributed by atoms with Crippen molar-refractivity contribution in [3.05, 3.63) is 27.8 Å². The molecule has 1 aromatic carbocycles. The van der Waals surface area contributed by atoms with Crippen LogP contribution in [0.15, 0.2) is 17.6 Å². The third-order valence-electron chi connectivity index (χ3n) is 3.97. The number of thiazole rings is 1. The van der Waals surface area contributed by atoms with Gasteiger partial charge in [0.1, 0.15) is 6.10 Å². The normalized spacial score (nSPS) is 22.3. The SMILES string of the molecule is CNC1CCCCC1Oc1ccc2scnc2c1[N+](=O)[O-]. The monoisotopic (exact) mass is 307 g/mol. The summed E-state index contributed by atoms with van der Waals surface area (Å²) < 4.78 is 6.80. The first-order chi connectivity index (χ1) is 10.2. The molecule has 0 aliphatic heterocycles. The minimum atomic E-state index is -0.394. The summed E-state index contributed by atoms with van der Waals surface area (Å²) in [5, 5.41) is 14.6. The lowest BCUT2D eigenvalue weighted by Crippen LogP contribution is -2.43. The first-order valence-electron chi connectivity index (χ1n) is 7.05. The average molecular weight is 307 g/mol. The van der Waals surface area contributed by atoms with E-state index in [2.05, 4.69) is 10.3 Å². The number of rotatable bonds is 4. The summed E-state index contributed by atoms with van der Waals surface area (Å²) in [5.74, 6) is 0.325. The molecule has 0 bridgehead atoms. The van der Waals surface area contributed by atoms with Gasteiger partial charge in [0.25, 0.3) is 0 Å². The smallest absolute Gasteiger partial charge is 0.337 e. The van der Waals surface area contributed by atoms with Gasteiger partial charge in [0, 0.05) is 6.04 Å². The summed E-state index contributed by atoms with van der Waals surface area (Å²) in [6, 6.07) is 3.77. The number of nitrogens with one attached hydrogen (secondary N) is 1. The van der Waals surface area contributed by atoms with E-state index in [1.165, 1.54) is 17.8 Å². The summed E-state index contributed by atoms with van der Waals surface area (Å²) in [4.78, 5) is 15.1. The number of aromatic nitrogens is 1. The molecule has 2 atom stereocenters. The van der Waals surface area contributed by atoms with Gasteiger partial charge in [0.15, 0.2) is 11.3 Å². The quantitative estimate of drug-likeness (QED) is 0.693. The van der Waals surface area contributed by atoms with Crippen LogP contribution in [0.4, 0.5) is 5.69 Å². The fourth-order valence-electron chi connectivity index (χ4n) is 2.90. The highest BCUT2D eigenvalue weighted by Gasteiger charge is 2.29. The molecule has 1 aromatic heterocycles. The highest BCUT2D eigenvalue weighted by atomic mass is 32.1. The van der Waals surface area contributed by atoms with Crippen molar-refractivity contribution < 1.29 is 9.66 Å². The van der Waals surface area contributed by atoms with Crippen molar-refractivity contribution in [3.8, 4) is 5.75 Å². The number of benzene rings is 1. The van der Waals surface area contributed by atoms with E-state index in [-0.39, 0.29) is 17.8 Å². The van der Waals surface area contributed by atoms with Crippen LogP contribution < -0.4 is 10.1 Å². The van der Waals surface area contributed by atoms with Crippen LogP contribution in [0.2, 0.25) is 0 Å². The zero-order valence-electron chi connectivity index (χ0n) is 11.7. The summed E-state index contributed by atoms with van der Waals surface area (Å²) in [7, 11) is 1.91. The standard InChI is InChI=1S/C14H17N3O3S/c1-15-9-4-2-3-5-10(9)20-11-6-7-12-13(16-8-21-12)14(11)17(18)19/h6-10,15H,2-5H2,1H3. The average Bonchev–Trinajstić information content (AvgIpc) is 2.95. The van der Waals surface area contributed by atoms with E-state index in [1.54, 1.807) is 11.6 Å². The maximum Gasteiger partial charge on any atom is 0.337 e. The van der Waals surface area contributed by atoms with Gasteiger partial charge in [-0.15, -0.1) is 11.3 Å². The van der Waals surface area contributed by atoms with E-state index >= 15 is 0 Å². The lowest BCUT2D eigenvalue weighted by molar-refractivity contribution is -0.384. The van der Waals surface area contributed by atoms with Crippen molar-refractivity contribution in [3.63, 3.8) is 0 Å². The van der Waals surface area contributed by atoms with Crippen LogP contribution in [0.1, 0.15) is 25.7 Å². The van der Waals surface area contributed by atoms with Crippen LogP contribution in [-0.4, -0.2) is 29.1 Å². The Morgan fingerprint density at radius 2 is 2.24 bits per heavy atom. The number of ether oxygens (including phenoxy) is 1. The molecule has 3 rings (SSSR count). The second kappa shape index (κ2) is 5.95. The molecule has 7 heteroatoms. The first kappa shape index (κ1) is 14.2. The molecule has 0 saturated heterocycles. The van der Waals surface area contributed by atoms with Gasteiger partial charge in [-0.05, 0) is 38.4 Å². The Labute approximate surface area is 126 Å². The molecule has 21 heavy (non-hydrogen) atoms. The molecular formula is C14H17N3O3S. The molecule has 1 N–H and O–H groups in total. The zero-order valence-corrected chi connectivity index (χ0v) is 12.6. The molecule has 6 nitrogen and oxygen atoms in total. The molecule has 0 radical (unpaired) electrons. The van der Waals surface area contributed by atoms with Crippen molar-refractivity contribution in [1.82, 2.24) is 10.3 Å². The molecule has 1 fully saturated rings. The van der Waals surface area contributed by atoms with Crippen LogP contribution in [0.3, 0.4) is 0 Å². The van der Waals surface area contributed by atoms with Crippen molar-refractivity contribution in [2.75, 3.05) is 7.05 Å². The fourth-order valence-corrected chi connectivity index (χ4v) is 3.58. The summed E-state index contributed by atoms with van der Waals surface area (Å²) >= 11 is 1.40. The highest BCUT2D eigenvalue weighted by Crippen LogP contribution is 2.37. The third kappa shape index (κ3) is 2.71. The topological polar surface area (TPSA) is 77.3 Å². The van der Waals surface area contributed by atoms with E-state index in [1.807, 2.05) is 13.1 Å². The maximum atomic E-state index is 11.4. The summed E-state index contributed by atoms with van der Waals surface area (Å²) in [6.07, 6.45) is 4.18. The Kier molecular flexibility index (Phi) is 4.03. The summed E-state index contributed by atoms with van der Waals surface area (Å²) in [6.45, 7) is 0. The first-order valence-corrected chi connectivity index (χ1v) is 7.93. The molecule has 1 aliphatic carbocycles. The Bertz CT molecular complexity index is 658. The van der Waals surface area contributed by atoms with Crippen LogP contribution in [0.5, 0.6) is 5.75 Å². The molecule has 0 spiro atoms. The van der Waals surface area contributed by atoms with Crippen LogP contribution >= 0.6 is 11.3 Å². The molecule has 2 unspecified atom stereocenters. The third-order valence-corrected chi connectivity index (χ3v) is 4.77. The van der Waals surface area contributed by atoms with E-state index in [9.17, 15) is 10.1 Å². The highest BCUT2D eigenvalue weighted by molar-refractivity contribution is 7.16. The number of hydrogen-bond donors (Lipinski definition) is 1. The van der Waals surface area contributed by atoms with E-state index in [0.717, 1.165) is 24.0 Å². The second-order valence-electron chi connectivity index (χ2n) is 5.20. The predicted molar refractivity (Wildman–Crippen MR) is 82.0 cm³/mol. The van der Waals surface area contributed by atoms with Gasteiger partial charge in [-0.2, -0.15) is 0 Å². The minimum absolute atomic E-state index is 0.0193. The van der Waals surface area contributed by atoms with Crippen molar-refractivity contribution in [1.29, 1.82) is 0 Å². The Balaban J connectivity index is 1.95. The zero-order chi connectivity index (χ0) is 14.8. The largest absolute Gasteiger partial charge is 0.482 e. The van der Waals surface area contributed by atoms with Gasteiger partial charge in [0.2, 0.25) is 0 Å². The van der Waals surface area contributed by atoms with Gasteiger partial charge in [0.05, 0.1) is 15.1 Å². The van der Waals surface area contributed by atoms with Gasteiger partial charge in [-0.1, -0.05) is 6.42 Å². The number of nitro benzene ring substituents is 1. The van der Waals surface area contributed by atoms with Crippen molar-refractivity contribution in [2.45, 2.75) is 37.8 Å². The Morgan fingerprint density at radius 3 is 3.00 bits per heavy atom. The number of hydrogen-bond acceptors (Lipinski definition) is 6. The van der Waals surface area contributed by atoms with Crippen LogP contribution in [-0.2, 0) is 0 Å². The van der Waals surface area contributed by atoms with Crippen LogP contribution in [0, 0.1) is 10.1 Å². The van der Waals surface area contributed by atoms with Crippen molar-refractivity contribution in [2.24, 2.45) is 0 Å². The Morgan fingerprint density at radius 1 is 1.43 bits per heavy atom. The van der Waals surface area contributed by atoms with Gasteiger partial charge < -0.3 is 10.1 Å². The lowest BCUT2D eigenvalue weighted by atomic mass is 9.92. The van der Waals surface area contributed by atoms with Crippen LogP contribution in [0.25, 0.3) is 10.2 Å². The maximum absolute atomic E-state index is 11.4. The van der Waals surface area contributed by atoms with E-state index in [0.29, 0.717) is 11.3 Å². The molecule has 0 amide bonds. The summed E-state index contributed by atoms with van der Waals surface area (Å²) in [5.41, 5.74) is 2.02. The van der Waals surface area contributed by atoms with E-state index < -0.39 is 4.92 Å². The van der Waals surface area contributed by atoms with Gasteiger partial charge >= 0.3 is 5.69 Å². The molecule has 2 aromatic rings. The van der Waals surface area contributed by atoms with Crippen molar-refractivity contribution >= 4 is 27.2 Å². The molecule has 1 heterocycles. The molecular weight excluding hydrogens is 290 g/mol. The number of fused-ring (bicyclic) bond motifs is 1. The van der Waals surface area contributed by atoms with Gasteiger partial charge in [-0.3, -0.25) is 10.1 Å². The number of nitrogens with zero attached hydrogens (tertiary/aromatic N) is 2. The molecule has 112 valence electrons. The second-order valence-corrected chi connectivity index (χ2v) is 6.09. The predicted octanol–water partition coefficient (Wildman–Crippen LogP) is 3.11. The van der Waals surface area contributed by atoms with E-state index in [4.69, 9.17) is 4.74 Å². The fraction of sp³-hybridized carbons (Fsp3) is 0.500. The number of likely N-dealkylation sites (N-methyl/N-ethyl adjacent to an activating group) is 1. The van der Waals surface area contributed by atoms with Gasteiger partial charge in [-0.25, -0.2) is 4.98 Å². The molecule has 1 saturated carbocycles.